The van der Waals surface area contributed by atoms with E-state index in [9.17, 15) is 32.8 Å². The SMILES string of the molecule is C#C[C@H]1CC[C@@H](C#N)N1C(=O)[C@@H](NC(=O)OC(C)(C)C)C1CC2CCC(C1)N2C(=O)c1ccc(C(F)(F)F)cc1. The molecule has 2 unspecified atom stereocenters. The number of nitriles is 1. The molecular weight excluding hydrogens is 525 g/mol. The molecule has 3 heterocycles. The minimum atomic E-state index is -4.50. The molecule has 11 heteroatoms. The summed E-state index contributed by atoms with van der Waals surface area (Å²) in [4.78, 5) is 43.2. The molecule has 1 N–H and O–H groups in total. The smallest absolute Gasteiger partial charge is 0.416 e. The number of alkyl carbamates (subject to hydrolysis) is 1. The number of carbonyl (C=O) groups excluding carboxylic acids is 3. The van der Waals surface area contributed by atoms with Crippen molar-refractivity contribution in [2.24, 2.45) is 5.92 Å². The Kier molecular flexibility index (Phi) is 8.07. The van der Waals surface area contributed by atoms with Gasteiger partial charge in [-0.2, -0.15) is 18.4 Å². The average Bonchev–Trinajstić information content (AvgIpc) is 3.42. The van der Waals surface area contributed by atoms with E-state index in [1.165, 1.54) is 17.0 Å². The molecule has 0 aliphatic carbocycles. The molecule has 3 saturated heterocycles. The van der Waals surface area contributed by atoms with Crippen molar-refractivity contribution in [2.75, 3.05) is 0 Å². The van der Waals surface area contributed by atoms with Crippen LogP contribution in [0, 0.1) is 29.6 Å². The number of hydrogen-bond acceptors (Lipinski definition) is 5. The first-order chi connectivity index (χ1) is 18.7. The number of piperidine rings is 1. The van der Waals surface area contributed by atoms with E-state index in [4.69, 9.17) is 11.2 Å². The number of alkyl halides is 3. The summed E-state index contributed by atoms with van der Waals surface area (Å²) < 4.78 is 44.4. The first kappa shape index (κ1) is 29.3. The number of rotatable bonds is 4. The van der Waals surface area contributed by atoms with Gasteiger partial charge in [0.2, 0.25) is 5.91 Å². The molecule has 3 amide bonds. The maximum absolute atomic E-state index is 13.9. The Balaban J connectivity index is 1.56. The average molecular weight is 559 g/mol. The Morgan fingerprint density at radius 2 is 1.57 bits per heavy atom. The first-order valence-corrected chi connectivity index (χ1v) is 13.4. The fourth-order valence-corrected chi connectivity index (χ4v) is 6.16. The minimum absolute atomic E-state index is 0.161. The van der Waals surface area contributed by atoms with Crippen LogP contribution < -0.4 is 5.32 Å². The molecule has 0 spiro atoms. The summed E-state index contributed by atoms with van der Waals surface area (Å²) in [5, 5.41) is 12.4. The summed E-state index contributed by atoms with van der Waals surface area (Å²) in [5.74, 6) is 1.39. The van der Waals surface area contributed by atoms with Crippen LogP contribution in [-0.4, -0.2) is 63.5 Å². The molecule has 214 valence electrons. The van der Waals surface area contributed by atoms with Crippen LogP contribution in [0.2, 0.25) is 0 Å². The molecule has 3 aliphatic rings. The van der Waals surface area contributed by atoms with Crippen molar-refractivity contribution in [1.82, 2.24) is 15.1 Å². The fourth-order valence-electron chi connectivity index (χ4n) is 6.16. The molecule has 3 aliphatic heterocycles. The third-order valence-electron chi connectivity index (χ3n) is 7.85. The monoisotopic (exact) mass is 558 g/mol. The lowest BCUT2D eigenvalue weighted by Crippen LogP contribution is -2.58. The summed E-state index contributed by atoms with van der Waals surface area (Å²) in [7, 11) is 0. The van der Waals surface area contributed by atoms with E-state index in [0.29, 0.717) is 38.5 Å². The number of fused-ring (bicyclic) bond motifs is 2. The number of nitrogens with one attached hydrogen (secondary N) is 1. The van der Waals surface area contributed by atoms with Gasteiger partial charge in [0.25, 0.3) is 5.91 Å². The van der Waals surface area contributed by atoms with Crippen LogP contribution in [0.15, 0.2) is 24.3 Å². The molecular formula is C29H33F3N4O4. The molecule has 5 atom stereocenters. The van der Waals surface area contributed by atoms with Gasteiger partial charge in [-0.3, -0.25) is 9.59 Å². The third-order valence-corrected chi connectivity index (χ3v) is 7.85. The Morgan fingerprint density at radius 1 is 1.00 bits per heavy atom. The van der Waals surface area contributed by atoms with Gasteiger partial charge in [-0.25, -0.2) is 4.79 Å². The standard InChI is InChI=1S/C29H33F3N4O4/c1-5-20-10-13-23(16-33)35(20)26(38)24(34-27(39)40-28(2,3)4)18-14-21-11-12-22(15-18)36(21)25(37)17-6-8-19(9-7-17)29(30,31)32/h1,6-9,18,20-24H,10-15H2,2-4H3,(H,34,39)/t18?,20-,21?,22?,23-,24-/m0/s1. The number of benzene rings is 1. The molecule has 0 radical (unpaired) electrons. The predicted molar refractivity (Wildman–Crippen MR) is 138 cm³/mol. The fraction of sp³-hybridized carbons (Fsp3) is 0.586. The molecule has 8 nitrogen and oxygen atoms in total. The van der Waals surface area contributed by atoms with Crippen molar-refractivity contribution < 1.29 is 32.3 Å². The van der Waals surface area contributed by atoms with Crippen LogP contribution >= 0.6 is 0 Å². The Morgan fingerprint density at radius 3 is 2.08 bits per heavy atom. The van der Waals surface area contributed by atoms with Gasteiger partial charge in [-0.15, -0.1) is 6.42 Å². The highest BCUT2D eigenvalue weighted by Gasteiger charge is 2.49. The zero-order chi connectivity index (χ0) is 29.4. The van der Waals surface area contributed by atoms with Gasteiger partial charge < -0.3 is 19.9 Å². The van der Waals surface area contributed by atoms with Gasteiger partial charge in [-0.05, 0) is 89.5 Å². The van der Waals surface area contributed by atoms with Crippen molar-refractivity contribution in [3.8, 4) is 18.4 Å². The molecule has 1 aromatic rings. The van der Waals surface area contributed by atoms with E-state index in [0.717, 1.165) is 12.1 Å². The lowest BCUT2D eigenvalue weighted by Gasteiger charge is -2.42. The highest BCUT2D eigenvalue weighted by atomic mass is 19.4. The highest BCUT2D eigenvalue weighted by molar-refractivity contribution is 5.95. The van der Waals surface area contributed by atoms with Gasteiger partial charge >= 0.3 is 12.3 Å². The summed E-state index contributed by atoms with van der Waals surface area (Å²) in [6, 6.07) is 3.46. The topological polar surface area (TPSA) is 103 Å². The summed E-state index contributed by atoms with van der Waals surface area (Å²) in [6.45, 7) is 5.11. The molecule has 3 fully saturated rings. The highest BCUT2D eigenvalue weighted by Crippen LogP contribution is 2.42. The number of amides is 3. The predicted octanol–water partition coefficient (Wildman–Crippen LogP) is 4.50. The van der Waals surface area contributed by atoms with Gasteiger partial charge in [0.05, 0.1) is 17.7 Å². The van der Waals surface area contributed by atoms with Crippen molar-refractivity contribution in [3.05, 3.63) is 35.4 Å². The number of likely N-dealkylation sites (tertiary alicyclic amines) is 1. The zero-order valence-electron chi connectivity index (χ0n) is 22.7. The van der Waals surface area contributed by atoms with Gasteiger partial charge in [0, 0.05) is 17.6 Å². The lowest BCUT2D eigenvalue weighted by atomic mass is 9.83. The van der Waals surface area contributed by atoms with Crippen molar-refractivity contribution in [3.63, 3.8) is 0 Å². The Bertz CT molecular complexity index is 1190. The number of carbonyl (C=O) groups is 3. The van der Waals surface area contributed by atoms with Crippen molar-refractivity contribution in [1.29, 1.82) is 5.26 Å². The van der Waals surface area contributed by atoms with Gasteiger partial charge in [0.15, 0.2) is 0 Å². The molecule has 1 aromatic carbocycles. The van der Waals surface area contributed by atoms with Crippen LogP contribution in [0.1, 0.15) is 75.2 Å². The van der Waals surface area contributed by atoms with E-state index in [2.05, 4.69) is 17.3 Å². The minimum Gasteiger partial charge on any atom is -0.444 e. The Hall–Kier alpha value is -3.73. The molecule has 40 heavy (non-hydrogen) atoms. The van der Waals surface area contributed by atoms with E-state index in [1.807, 2.05) is 0 Å². The summed E-state index contributed by atoms with van der Waals surface area (Å²) in [5.41, 5.74) is -1.48. The van der Waals surface area contributed by atoms with Crippen LogP contribution in [-0.2, 0) is 15.7 Å². The lowest BCUT2D eigenvalue weighted by molar-refractivity contribution is -0.138. The molecule has 0 aromatic heterocycles. The molecule has 4 rings (SSSR count). The Labute approximate surface area is 231 Å². The first-order valence-electron chi connectivity index (χ1n) is 13.4. The largest absolute Gasteiger partial charge is 0.444 e. The van der Waals surface area contributed by atoms with Crippen LogP contribution in [0.3, 0.4) is 0 Å². The summed E-state index contributed by atoms with van der Waals surface area (Å²) in [6.07, 6.45) is 3.41. The number of ether oxygens (including phenoxy) is 1. The van der Waals surface area contributed by atoms with Crippen LogP contribution in [0.5, 0.6) is 0 Å². The summed E-state index contributed by atoms with van der Waals surface area (Å²) >= 11 is 0. The van der Waals surface area contributed by atoms with Crippen LogP contribution in [0.25, 0.3) is 0 Å². The van der Waals surface area contributed by atoms with E-state index in [-0.39, 0.29) is 29.5 Å². The number of nitrogens with zero attached hydrogens (tertiary/aromatic N) is 3. The number of halogens is 3. The molecule has 0 saturated carbocycles. The zero-order valence-corrected chi connectivity index (χ0v) is 22.7. The number of terminal acetylenes is 1. The van der Waals surface area contributed by atoms with Crippen molar-refractivity contribution in [2.45, 2.75) is 101 Å². The maximum atomic E-state index is 13.9. The second-order valence-electron chi connectivity index (χ2n) is 11.7. The van der Waals surface area contributed by atoms with E-state index in [1.54, 1.807) is 25.7 Å². The second kappa shape index (κ2) is 11.0. The third kappa shape index (κ3) is 6.04. The van der Waals surface area contributed by atoms with E-state index >= 15 is 0 Å². The number of hydrogen-bond donors (Lipinski definition) is 1. The van der Waals surface area contributed by atoms with E-state index < -0.39 is 47.5 Å². The second-order valence-corrected chi connectivity index (χ2v) is 11.7. The van der Waals surface area contributed by atoms with Gasteiger partial charge in [-0.1, -0.05) is 5.92 Å². The van der Waals surface area contributed by atoms with Crippen LogP contribution in [0.4, 0.5) is 18.0 Å². The van der Waals surface area contributed by atoms with Gasteiger partial charge in [0.1, 0.15) is 17.7 Å². The molecule has 2 bridgehead atoms. The quantitative estimate of drug-likeness (QED) is 0.549. The maximum Gasteiger partial charge on any atom is 0.416 e. The van der Waals surface area contributed by atoms with Crippen molar-refractivity contribution >= 4 is 17.9 Å². The normalized spacial score (nSPS) is 26.9.